The smallest absolute Gasteiger partial charge is 0.417 e. The van der Waals surface area contributed by atoms with E-state index in [0.717, 1.165) is 17.7 Å². The van der Waals surface area contributed by atoms with Crippen LogP contribution in [0.25, 0.3) is 6.08 Å². The molecule has 0 aliphatic carbocycles. The van der Waals surface area contributed by atoms with Crippen LogP contribution in [0.15, 0.2) is 83.8 Å². The van der Waals surface area contributed by atoms with Crippen molar-refractivity contribution in [3.8, 4) is 5.75 Å². The second-order valence-corrected chi connectivity index (χ2v) is 9.94. The van der Waals surface area contributed by atoms with Gasteiger partial charge in [0.2, 0.25) is 0 Å². The number of aryl methyl sites for hydroxylation is 1. The van der Waals surface area contributed by atoms with Crippen molar-refractivity contribution in [1.29, 1.82) is 0 Å². The molecule has 1 atom stereocenters. The maximum atomic E-state index is 13.3. The number of hydrogen-bond donors (Lipinski definition) is 3. The van der Waals surface area contributed by atoms with Crippen molar-refractivity contribution in [2.75, 3.05) is 11.3 Å². The Morgan fingerprint density at radius 2 is 1.74 bits per heavy atom. The van der Waals surface area contributed by atoms with E-state index >= 15 is 0 Å². The van der Waals surface area contributed by atoms with Crippen LogP contribution in [0.5, 0.6) is 5.75 Å². The van der Waals surface area contributed by atoms with Crippen LogP contribution >= 0.6 is 0 Å². The Balaban J connectivity index is 1.61. The Bertz CT molecular complexity index is 1390. The summed E-state index contributed by atoms with van der Waals surface area (Å²) in [6.07, 6.45) is -2.20. The summed E-state index contributed by atoms with van der Waals surface area (Å²) in [5.74, 6) is -0.375. The van der Waals surface area contributed by atoms with Crippen LogP contribution in [0.1, 0.15) is 29.5 Å². The van der Waals surface area contributed by atoms with E-state index in [1.54, 1.807) is 36.4 Å². The number of anilines is 1. The van der Waals surface area contributed by atoms with Crippen molar-refractivity contribution in [3.63, 3.8) is 0 Å². The van der Waals surface area contributed by atoms with Crippen molar-refractivity contribution < 1.29 is 41.3 Å². The molecule has 0 amide bonds. The van der Waals surface area contributed by atoms with Gasteiger partial charge in [-0.15, -0.1) is 0 Å². The summed E-state index contributed by atoms with van der Waals surface area (Å²) in [6.45, 7) is 0.161. The minimum atomic E-state index is -4.84. The second kappa shape index (κ2) is 12.6. The predicted molar refractivity (Wildman–Crippen MR) is 136 cm³/mol. The molecule has 0 bridgehead atoms. The van der Waals surface area contributed by atoms with Gasteiger partial charge >= 0.3 is 12.1 Å². The molecule has 7 nitrogen and oxygen atoms in total. The standard InChI is InChI=1S/C27H26F3NO6S/c28-27(29,30)23-9-2-4-11-25(23)38(35,36)31-21-8-5-6-19(18-21)12-14-22(32)16-17-37-24-10-3-1-7-20(24)13-15-26(33)34/h1-12,14,18,22,31-32H,13,15-17H2,(H,33,34)/b14-12+. The number of aliphatic hydroxyl groups is 1. The van der Waals surface area contributed by atoms with Crippen LogP contribution in [-0.4, -0.2) is 37.3 Å². The molecule has 3 rings (SSSR count). The normalized spacial score (nSPS) is 12.8. The third-order valence-electron chi connectivity index (χ3n) is 5.38. The molecule has 11 heteroatoms. The summed E-state index contributed by atoms with van der Waals surface area (Å²) in [7, 11) is -4.52. The lowest BCUT2D eigenvalue weighted by Crippen LogP contribution is -2.18. The lowest BCUT2D eigenvalue weighted by atomic mass is 10.1. The number of aliphatic hydroxyl groups excluding tert-OH is 1. The lowest BCUT2D eigenvalue weighted by Gasteiger charge is -2.14. The van der Waals surface area contributed by atoms with E-state index in [4.69, 9.17) is 9.84 Å². The summed E-state index contributed by atoms with van der Waals surface area (Å²) in [6, 6.07) is 16.9. The van der Waals surface area contributed by atoms with Crippen LogP contribution in [0.2, 0.25) is 0 Å². The van der Waals surface area contributed by atoms with Gasteiger partial charge in [-0.3, -0.25) is 9.52 Å². The van der Waals surface area contributed by atoms with E-state index in [0.29, 0.717) is 23.8 Å². The molecule has 0 saturated carbocycles. The molecule has 38 heavy (non-hydrogen) atoms. The molecule has 0 aliphatic heterocycles. The molecule has 0 heterocycles. The number of aliphatic carboxylic acids is 1. The lowest BCUT2D eigenvalue weighted by molar-refractivity contribution is -0.140. The summed E-state index contributed by atoms with van der Waals surface area (Å²) < 4.78 is 73.0. The molecule has 0 aromatic heterocycles. The maximum Gasteiger partial charge on any atom is 0.417 e. The SMILES string of the molecule is O=C(O)CCc1ccccc1OCCC(O)/C=C/c1cccc(NS(=O)(=O)c2ccccc2C(F)(F)F)c1. The average Bonchev–Trinajstić information content (AvgIpc) is 2.86. The average molecular weight is 550 g/mol. The van der Waals surface area contributed by atoms with Gasteiger partial charge in [0.1, 0.15) is 5.75 Å². The summed E-state index contributed by atoms with van der Waals surface area (Å²) in [5, 5.41) is 19.2. The number of carbonyl (C=O) groups is 1. The highest BCUT2D eigenvalue weighted by Gasteiger charge is 2.36. The van der Waals surface area contributed by atoms with Gasteiger partial charge in [-0.1, -0.05) is 54.6 Å². The number of halogens is 3. The van der Waals surface area contributed by atoms with E-state index in [1.807, 2.05) is 0 Å². The number of benzene rings is 3. The van der Waals surface area contributed by atoms with Gasteiger partial charge in [0.25, 0.3) is 10.0 Å². The Kier molecular flexibility index (Phi) is 9.54. The van der Waals surface area contributed by atoms with Gasteiger partial charge in [-0.2, -0.15) is 13.2 Å². The van der Waals surface area contributed by atoms with Crippen molar-refractivity contribution in [3.05, 3.63) is 95.6 Å². The van der Waals surface area contributed by atoms with Crippen molar-refractivity contribution in [2.45, 2.75) is 36.4 Å². The van der Waals surface area contributed by atoms with E-state index in [9.17, 15) is 31.5 Å². The van der Waals surface area contributed by atoms with Gasteiger partial charge < -0.3 is 14.9 Å². The number of nitrogens with one attached hydrogen (secondary N) is 1. The topological polar surface area (TPSA) is 113 Å². The van der Waals surface area contributed by atoms with Crippen molar-refractivity contribution >= 4 is 27.8 Å². The molecule has 0 fully saturated rings. The first-order chi connectivity index (χ1) is 18.0. The van der Waals surface area contributed by atoms with Crippen LogP contribution in [0.4, 0.5) is 18.9 Å². The zero-order chi connectivity index (χ0) is 27.8. The van der Waals surface area contributed by atoms with Crippen LogP contribution in [0.3, 0.4) is 0 Å². The Hall–Kier alpha value is -3.83. The third-order valence-corrected chi connectivity index (χ3v) is 6.82. The molecule has 0 aliphatic rings. The number of carboxylic acids is 1. The van der Waals surface area contributed by atoms with Crippen molar-refractivity contribution in [1.82, 2.24) is 0 Å². The van der Waals surface area contributed by atoms with Gasteiger partial charge in [0.05, 0.1) is 23.2 Å². The molecule has 1 unspecified atom stereocenters. The van der Waals surface area contributed by atoms with Gasteiger partial charge in [-0.25, -0.2) is 8.42 Å². The van der Waals surface area contributed by atoms with E-state index in [-0.39, 0.29) is 25.1 Å². The zero-order valence-electron chi connectivity index (χ0n) is 20.1. The van der Waals surface area contributed by atoms with Gasteiger partial charge in [0, 0.05) is 18.5 Å². The number of hydrogen-bond acceptors (Lipinski definition) is 5. The number of alkyl halides is 3. The van der Waals surface area contributed by atoms with Crippen LogP contribution < -0.4 is 9.46 Å². The molecule has 0 spiro atoms. The third kappa shape index (κ3) is 8.35. The number of ether oxygens (including phenoxy) is 1. The monoisotopic (exact) mass is 549 g/mol. The zero-order valence-corrected chi connectivity index (χ0v) is 20.9. The first-order valence-corrected chi connectivity index (χ1v) is 13.0. The molecular weight excluding hydrogens is 523 g/mol. The van der Waals surface area contributed by atoms with Crippen LogP contribution in [0, 0.1) is 0 Å². The van der Waals surface area contributed by atoms with E-state index in [2.05, 4.69) is 4.72 Å². The van der Waals surface area contributed by atoms with Gasteiger partial charge in [0.15, 0.2) is 0 Å². The highest BCUT2D eigenvalue weighted by Crippen LogP contribution is 2.34. The fraction of sp³-hybridized carbons (Fsp3) is 0.222. The fourth-order valence-electron chi connectivity index (χ4n) is 3.55. The quantitative estimate of drug-likeness (QED) is 0.280. The Morgan fingerprint density at radius 3 is 2.47 bits per heavy atom. The molecule has 202 valence electrons. The number of rotatable bonds is 12. The highest BCUT2D eigenvalue weighted by molar-refractivity contribution is 7.92. The summed E-state index contributed by atoms with van der Waals surface area (Å²) >= 11 is 0. The Labute approximate surface area is 218 Å². The van der Waals surface area contributed by atoms with E-state index in [1.165, 1.54) is 30.3 Å². The first-order valence-electron chi connectivity index (χ1n) is 11.5. The predicted octanol–water partition coefficient (Wildman–Crippen LogP) is 5.37. The number of carboxylic acid groups (broad SMARTS) is 1. The first kappa shape index (κ1) is 28.7. The number of sulfonamides is 1. The minimum absolute atomic E-state index is 0.0319. The van der Waals surface area contributed by atoms with Gasteiger partial charge in [-0.05, 0) is 47.9 Å². The van der Waals surface area contributed by atoms with Crippen molar-refractivity contribution in [2.24, 2.45) is 0 Å². The second-order valence-electron chi connectivity index (χ2n) is 8.29. The summed E-state index contributed by atoms with van der Waals surface area (Å²) in [4.78, 5) is 9.94. The fourth-order valence-corrected chi connectivity index (χ4v) is 4.83. The molecular formula is C27H26F3NO6S. The highest BCUT2D eigenvalue weighted by atomic mass is 32.2. The van der Waals surface area contributed by atoms with E-state index < -0.39 is 38.7 Å². The largest absolute Gasteiger partial charge is 0.493 e. The molecule has 0 radical (unpaired) electrons. The Morgan fingerprint density at radius 1 is 1.03 bits per heavy atom. The molecule has 3 aromatic carbocycles. The summed E-state index contributed by atoms with van der Waals surface area (Å²) in [5.41, 5.74) is 0.0451. The maximum absolute atomic E-state index is 13.3. The van der Waals surface area contributed by atoms with Crippen LogP contribution in [-0.2, 0) is 27.4 Å². The molecule has 3 N–H and O–H groups in total. The molecule has 0 saturated heterocycles. The molecule has 3 aromatic rings. The number of para-hydroxylation sites is 1. The minimum Gasteiger partial charge on any atom is -0.493 e.